The second-order valence-corrected chi connectivity index (χ2v) is 8.34. The van der Waals surface area contributed by atoms with E-state index in [1.54, 1.807) is 19.5 Å². The number of hydrogen-bond donors (Lipinski definition) is 1. The second kappa shape index (κ2) is 10.3. The van der Waals surface area contributed by atoms with Crippen molar-refractivity contribution < 1.29 is 14.3 Å². The van der Waals surface area contributed by atoms with Gasteiger partial charge in [0.1, 0.15) is 11.5 Å². The number of para-hydroxylation sites is 1. The van der Waals surface area contributed by atoms with Crippen LogP contribution in [0.3, 0.4) is 0 Å². The zero-order valence-corrected chi connectivity index (χ0v) is 19.3. The molecule has 2 atom stereocenters. The Bertz CT molecular complexity index is 1090. The van der Waals surface area contributed by atoms with E-state index in [4.69, 9.17) is 9.47 Å². The SMILES string of the molecule is COc1ccc([C@H](C)NC(=O)[C@@H]2CCCN(c3nccnc3Oc3ccccc3C)C2)cc1. The number of nitrogens with zero attached hydrogens (tertiary/aromatic N) is 3. The van der Waals surface area contributed by atoms with Crippen LogP contribution >= 0.6 is 0 Å². The monoisotopic (exact) mass is 446 g/mol. The number of amides is 1. The molecule has 172 valence electrons. The van der Waals surface area contributed by atoms with Crippen LogP contribution < -0.4 is 19.7 Å². The molecule has 0 radical (unpaired) electrons. The van der Waals surface area contributed by atoms with Crippen molar-refractivity contribution in [3.05, 3.63) is 72.1 Å². The van der Waals surface area contributed by atoms with E-state index in [9.17, 15) is 4.79 Å². The first-order valence-electron chi connectivity index (χ1n) is 11.3. The molecule has 7 heteroatoms. The molecule has 7 nitrogen and oxygen atoms in total. The predicted octanol–water partition coefficient (Wildman–Crippen LogP) is 4.68. The minimum atomic E-state index is -0.132. The van der Waals surface area contributed by atoms with Gasteiger partial charge in [0, 0.05) is 25.5 Å². The lowest BCUT2D eigenvalue weighted by Crippen LogP contribution is -2.44. The lowest BCUT2D eigenvalue weighted by molar-refractivity contribution is -0.125. The van der Waals surface area contributed by atoms with E-state index >= 15 is 0 Å². The molecular formula is C26H30N4O3. The fourth-order valence-electron chi connectivity index (χ4n) is 4.07. The quantitative estimate of drug-likeness (QED) is 0.568. The van der Waals surface area contributed by atoms with Gasteiger partial charge in [-0.25, -0.2) is 9.97 Å². The van der Waals surface area contributed by atoms with Gasteiger partial charge in [-0.2, -0.15) is 0 Å². The molecule has 1 amide bonds. The van der Waals surface area contributed by atoms with Crippen LogP contribution in [-0.4, -0.2) is 36.1 Å². The minimum absolute atomic E-state index is 0.0493. The van der Waals surface area contributed by atoms with Gasteiger partial charge in [0.15, 0.2) is 5.82 Å². The zero-order chi connectivity index (χ0) is 23.2. The number of aromatic nitrogens is 2. The molecule has 1 aromatic heterocycles. The summed E-state index contributed by atoms with van der Waals surface area (Å²) >= 11 is 0. The lowest BCUT2D eigenvalue weighted by atomic mass is 9.96. The van der Waals surface area contributed by atoms with Gasteiger partial charge in [0.25, 0.3) is 5.88 Å². The van der Waals surface area contributed by atoms with E-state index in [2.05, 4.69) is 20.2 Å². The van der Waals surface area contributed by atoms with Gasteiger partial charge in [0.05, 0.1) is 19.1 Å². The minimum Gasteiger partial charge on any atom is -0.497 e. The van der Waals surface area contributed by atoms with Crippen molar-refractivity contribution in [2.45, 2.75) is 32.7 Å². The van der Waals surface area contributed by atoms with Crippen LogP contribution in [0.25, 0.3) is 0 Å². The van der Waals surface area contributed by atoms with E-state index in [0.717, 1.165) is 42.0 Å². The molecular weight excluding hydrogens is 416 g/mol. The normalized spacial score (nSPS) is 16.7. The number of carbonyl (C=O) groups is 1. The summed E-state index contributed by atoms with van der Waals surface area (Å²) in [5, 5.41) is 3.16. The average molecular weight is 447 g/mol. The van der Waals surface area contributed by atoms with E-state index in [1.165, 1.54) is 0 Å². The molecule has 0 spiro atoms. The maximum absolute atomic E-state index is 13.1. The van der Waals surface area contributed by atoms with Crippen molar-refractivity contribution in [1.29, 1.82) is 0 Å². The van der Waals surface area contributed by atoms with Crippen LogP contribution in [0.15, 0.2) is 60.9 Å². The van der Waals surface area contributed by atoms with Crippen LogP contribution in [0.5, 0.6) is 17.4 Å². The third-order valence-electron chi connectivity index (χ3n) is 6.01. The number of benzene rings is 2. The van der Waals surface area contributed by atoms with Gasteiger partial charge in [0.2, 0.25) is 5.91 Å². The topological polar surface area (TPSA) is 76.6 Å². The highest BCUT2D eigenvalue weighted by Crippen LogP contribution is 2.32. The Morgan fingerprint density at radius 1 is 1.12 bits per heavy atom. The maximum Gasteiger partial charge on any atom is 0.263 e. The highest BCUT2D eigenvalue weighted by molar-refractivity contribution is 5.80. The van der Waals surface area contributed by atoms with E-state index in [0.29, 0.717) is 18.2 Å². The van der Waals surface area contributed by atoms with Crippen LogP contribution in [0.4, 0.5) is 5.82 Å². The molecule has 1 aliphatic rings. The summed E-state index contributed by atoms with van der Waals surface area (Å²) in [5.41, 5.74) is 2.07. The first-order valence-corrected chi connectivity index (χ1v) is 11.3. The van der Waals surface area contributed by atoms with E-state index in [1.807, 2.05) is 62.4 Å². The van der Waals surface area contributed by atoms with Crippen molar-refractivity contribution in [2.24, 2.45) is 5.92 Å². The van der Waals surface area contributed by atoms with E-state index < -0.39 is 0 Å². The fourth-order valence-corrected chi connectivity index (χ4v) is 4.07. The molecule has 1 N–H and O–H groups in total. The Labute approximate surface area is 194 Å². The van der Waals surface area contributed by atoms with Gasteiger partial charge in [-0.3, -0.25) is 4.79 Å². The molecule has 33 heavy (non-hydrogen) atoms. The van der Waals surface area contributed by atoms with Gasteiger partial charge < -0.3 is 19.7 Å². The summed E-state index contributed by atoms with van der Waals surface area (Å²) in [5.74, 6) is 2.59. The Morgan fingerprint density at radius 2 is 1.88 bits per heavy atom. The largest absolute Gasteiger partial charge is 0.497 e. The van der Waals surface area contributed by atoms with Crippen molar-refractivity contribution in [2.75, 3.05) is 25.1 Å². The predicted molar refractivity (Wildman–Crippen MR) is 128 cm³/mol. The van der Waals surface area contributed by atoms with Crippen molar-refractivity contribution in [3.8, 4) is 17.4 Å². The molecule has 0 aliphatic carbocycles. The van der Waals surface area contributed by atoms with Crippen molar-refractivity contribution in [1.82, 2.24) is 15.3 Å². The first kappa shape index (κ1) is 22.6. The van der Waals surface area contributed by atoms with Gasteiger partial charge >= 0.3 is 0 Å². The molecule has 4 rings (SSSR count). The number of ether oxygens (including phenoxy) is 2. The van der Waals surface area contributed by atoms with Gasteiger partial charge in [-0.05, 0) is 56.0 Å². The third-order valence-corrected chi connectivity index (χ3v) is 6.01. The number of anilines is 1. The maximum atomic E-state index is 13.1. The zero-order valence-electron chi connectivity index (χ0n) is 19.3. The number of nitrogens with one attached hydrogen (secondary N) is 1. The number of carbonyl (C=O) groups excluding carboxylic acids is 1. The summed E-state index contributed by atoms with van der Waals surface area (Å²) < 4.78 is 11.3. The highest BCUT2D eigenvalue weighted by Gasteiger charge is 2.29. The molecule has 1 saturated heterocycles. The third kappa shape index (κ3) is 5.42. The molecule has 3 aromatic rings. The molecule has 1 aliphatic heterocycles. The molecule has 2 aromatic carbocycles. The summed E-state index contributed by atoms with van der Waals surface area (Å²) in [7, 11) is 1.64. The average Bonchev–Trinajstić information content (AvgIpc) is 2.86. The van der Waals surface area contributed by atoms with E-state index in [-0.39, 0.29) is 17.9 Å². The second-order valence-electron chi connectivity index (χ2n) is 8.34. The Morgan fingerprint density at radius 3 is 2.64 bits per heavy atom. The smallest absolute Gasteiger partial charge is 0.263 e. The number of rotatable bonds is 7. The van der Waals surface area contributed by atoms with Crippen LogP contribution in [0.2, 0.25) is 0 Å². The molecule has 0 bridgehead atoms. The standard InChI is InChI=1S/C26H30N4O3/c1-18-7-4-5-9-23(18)33-26-24(27-14-15-28-26)30-16-6-8-21(17-30)25(31)29-19(2)20-10-12-22(32-3)13-11-20/h4-5,7,9-15,19,21H,6,8,16-17H2,1-3H3,(H,29,31)/t19-,21+/m0/s1. The van der Waals surface area contributed by atoms with Crippen LogP contribution in [0.1, 0.15) is 36.9 Å². The summed E-state index contributed by atoms with van der Waals surface area (Å²) in [4.78, 5) is 24.1. The number of methoxy groups -OCH3 is 1. The lowest BCUT2D eigenvalue weighted by Gasteiger charge is -2.33. The molecule has 1 fully saturated rings. The fraction of sp³-hybridized carbons (Fsp3) is 0.346. The number of hydrogen-bond acceptors (Lipinski definition) is 6. The molecule has 0 saturated carbocycles. The van der Waals surface area contributed by atoms with Crippen molar-refractivity contribution in [3.63, 3.8) is 0 Å². The van der Waals surface area contributed by atoms with Gasteiger partial charge in [-0.1, -0.05) is 30.3 Å². The molecule has 2 heterocycles. The highest BCUT2D eigenvalue weighted by atomic mass is 16.5. The van der Waals surface area contributed by atoms with Crippen LogP contribution in [-0.2, 0) is 4.79 Å². The first-order chi connectivity index (χ1) is 16.0. The summed E-state index contributed by atoms with van der Waals surface area (Å²) in [6.45, 7) is 5.37. The Kier molecular flexibility index (Phi) is 7.07. The van der Waals surface area contributed by atoms with Gasteiger partial charge in [-0.15, -0.1) is 0 Å². The summed E-state index contributed by atoms with van der Waals surface area (Å²) in [6.07, 6.45) is 5.03. The Hall–Kier alpha value is -3.61. The molecule has 0 unspecified atom stereocenters. The summed E-state index contributed by atoms with van der Waals surface area (Å²) in [6, 6.07) is 15.5. The number of piperidine rings is 1. The number of aryl methyl sites for hydroxylation is 1. The van der Waals surface area contributed by atoms with Crippen LogP contribution in [0, 0.1) is 12.8 Å². The Balaban J connectivity index is 1.44. The van der Waals surface area contributed by atoms with Crippen molar-refractivity contribution >= 4 is 11.7 Å².